The molecule has 1 aromatic carbocycles. The minimum atomic E-state index is -0.597. The molecule has 1 aromatic rings. The average Bonchev–Trinajstić information content (AvgIpc) is 2.42. The molecule has 0 heterocycles. The molecule has 1 aliphatic carbocycles. The number of methoxy groups -OCH3 is 1. The fourth-order valence-electron chi connectivity index (χ4n) is 2.61. The minimum Gasteiger partial charge on any atom is -0.393 e. The number of hydrogen-bond donors (Lipinski definition) is 2. The lowest BCUT2D eigenvalue weighted by molar-refractivity contribution is -0.383. The number of amides is 1. The quantitative estimate of drug-likeness (QED) is 0.499. The molecule has 0 bridgehead atoms. The number of nitrogens with one attached hydrogen (secondary N) is 1. The van der Waals surface area contributed by atoms with E-state index in [1.807, 2.05) is 13.8 Å². The molecule has 114 valence electrons. The summed E-state index contributed by atoms with van der Waals surface area (Å²) < 4.78 is 5.33. The number of carbonyl (C=O) groups is 1. The number of nitrogens with two attached hydrogens (primary N) is 1. The topological polar surface area (TPSA) is 107 Å². The number of benzene rings is 1. The molecule has 0 spiro atoms. The Hall–Kier alpha value is -2.15. The zero-order valence-corrected chi connectivity index (χ0v) is 12.3. The highest BCUT2D eigenvalue weighted by Gasteiger charge is 2.49. The van der Waals surface area contributed by atoms with E-state index in [-0.39, 0.29) is 40.4 Å². The van der Waals surface area contributed by atoms with E-state index in [4.69, 9.17) is 10.5 Å². The number of nitrogen functional groups attached to an aromatic ring is 1. The monoisotopic (exact) mass is 293 g/mol. The van der Waals surface area contributed by atoms with Gasteiger partial charge >= 0.3 is 0 Å². The summed E-state index contributed by atoms with van der Waals surface area (Å²) in [5, 5.41) is 13.7. The van der Waals surface area contributed by atoms with Crippen LogP contribution in [0.2, 0.25) is 0 Å². The summed E-state index contributed by atoms with van der Waals surface area (Å²) in [4.78, 5) is 22.5. The zero-order chi connectivity index (χ0) is 15.8. The second-order valence-electron chi connectivity index (χ2n) is 5.84. The standard InChI is InChI=1S/C14H19N3O4/c1-14(2)11(7-12(14)21-3)16-13(18)8-4-5-9(15)10(6-8)17(19)20/h4-6,11-12H,7,15H2,1-3H3,(H,16,18). The lowest BCUT2D eigenvalue weighted by atomic mass is 9.64. The van der Waals surface area contributed by atoms with Gasteiger partial charge in [0.15, 0.2) is 0 Å². The van der Waals surface area contributed by atoms with Gasteiger partial charge in [0.1, 0.15) is 5.69 Å². The van der Waals surface area contributed by atoms with Gasteiger partial charge in [-0.15, -0.1) is 0 Å². The molecule has 7 nitrogen and oxygen atoms in total. The summed E-state index contributed by atoms with van der Waals surface area (Å²) in [6, 6.07) is 4.03. The van der Waals surface area contributed by atoms with Gasteiger partial charge in [0.05, 0.1) is 11.0 Å². The van der Waals surface area contributed by atoms with E-state index in [2.05, 4.69) is 5.32 Å². The number of nitrogens with zero attached hydrogens (tertiary/aromatic N) is 1. The molecular formula is C14H19N3O4. The first-order valence-electron chi connectivity index (χ1n) is 6.65. The number of ether oxygens (including phenoxy) is 1. The van der Waals surface area contributed by atoms with E-state index in [1.165, 1.54) is 18.2 Å². The maximum absolute atomic E-state index is 12.2. The van der Waals surface area contributed by atoms with Crippen LogP contribution in [0.4, 0.5) is 11.4 Å². The molecule has 0 radical (unpaired) electrons. The molecule has 21 heavy (non-hydrogen) atoms. The third-order valence-corrected chi connectivity index (χ3v) is 4.26. The van der Waals surface area contributed by atoms with Crippen molar-refractivity contribution in [2.75, 3.05) is 12.8 Å². The Morgan fingerprint density at radius 1 is 1.52 bits per heavy atom. The van der Waals surface area contributed by atoms with Crippen molar-refractivity contribution in [3.05, 3.63) is 33.9 Å². The predicted molar refractivity (Wildman–Crippen MR) is 78.0 cm³/mol. The van der Waals surface area contributed by atoms with Crippen LogP contribution in [0.3, 0.4) is 0 Å². The van der Waals surface area contributed by atoms with Crippen LogP contribution in [0.5, 0.6) is 0 Å². The van der Waals surface area contributed by atoms with Crippen molar-refractivity contribution in [2.24, 2.45) is 5.41 Å². The van der Waals surface area contributed by atoms with Crippen molar-refractivity contribution in [3.63, 3.8) is 0 Å². The number of anilines is 1. The second kappa shape index (κ2) is 5.33. The van der Waals surface area contributed by atoms with E-state index >= 15 is 0 Å². The van der Waals surface area contributed by atoms with Gasteiger partial charge in [0.2, 0.25) is 0 Å². The van der Waals surface area contributed by atoms with Crippen molar-refractivity contribution in [1.29, 1.82) is 0 Å². The first-order chi connectivity index (χ1) is 9.77. The molecule has 1 aliphatic rings. The van der Waals surface area contributed by atoms with Crippen molar-refractivity contribution >= 4 is 17.3 Å². The number of nitro groups is 1. The van der Waals surface area contributed by atoms with Crippen molar-refractivity contribution in [2.45, 2.75) is 32.4 Å². The molecule has 0 aliphatic heterocycles. The van der Waals surface area contributed by atoms with Crippen LogP contribution >= 0.6 is 0 Å². The SMILES string of the molecule is COC1CC(NC(=O)c2ccc(N)c([N+](=O)[O-])c2)C1(C)C. The molecule has 2 rings (SSSR count). The lowest BCUT2D eigenvalue weighted by Gasteiger charge is -2.51. The van der Waals surface area contributed by atoms with Gasteiger partial charge in [-0.05, 0) is 18.6 Å². The van der Waals surface area contributed by atoms with Crippen LogP contribution in [0, 0.1) is 15.5 Å². The van der Waals surface area contributed by atoms with Crippen molar-refractivity contribution in [3.8, 4) is 0 Å². The predicted octanol–water partition coefficient (Wildman–Crippen LogP) is 1.72. The molecular weight excluding hydrogens is 274 g/mol. The molecule has 2 atom stereocenters. The molecule has 7 heteroatoms. The summed E-state index contributed by atoms with van der Waals surface area (Å²) in [7, 11) is 1.65. The molecule has 3 N–H and O–H groups in total. The Morgan fingerprint density at radius 2 is 2.19 bits per heavy atom. The Kier molecular flexibility index (Phi) is 3.87. The highest BCUT2D eigenvalue weighted by Crippen LogP contribution is 2.42. The van der Waals surface area contributed by atoms with Gasteiger partial charge in [-0.1, -0.05) is 13.8 Å². The summed E-state index contributed by atoms with van der Waals surface area (Å²) in [6.45, 7) is 4.03. The summed E-state index contributed by atoms with van der Waals surface area (Å²) in [5.41, 5.74) is 5.37. The van der Waals surface area contributed by atoms with Crippen LogP contribution in [-0.2, 0) is 4.74 Å². The third kappa shape index (κ3) is 2.69. The van der Waals surface area contributed by atoms with Gasteiger partial charge < -0.3 is 15.8 Å². The van der Waals surface area contributed by atoms with Crippen molar-refractivity contribution < 1.29 is 14.5 Å². The van der Waals surface area contributed by atoms with Gasteiger partial charge in [-0.2, -0.15) is 0 Å². The lowest BCUT2D eigenvalue weighted by Crippen LogP contribution is -2.61. The summed E-state index contributed by atoms with van der Waals surface area (Å²) in [5.74, 6) is -0.342. The van der Waals surface area contributed by atoms with Crippen LogP contribution in [0.15, 0.2) is 18.2 Å². The van der Waals surface area contributed by atoms with E-state index < -0.39 is 4.92 Å². The van der Waals surface area contributed by atoms with Crippen LogP contribution in [0.25, 0.3) is 0 Å². The number of rotatable bonds is 4. The molecule has 0 saturated heterocycles. The summed E-state index contributed by atoms with van der Waals surface area (Å²) in [6.07, 6.45) is 0.829. The van der Waals surface area contributed by atoms with Gasteiger partial charge in [0, 0.05) is 30.2 Å². The maximum atomic E-state index is 12.2. The van der Waals surface area contributed by atoms with Gasteiger partial charge in [-0.3, -0.25) is 14.9 Å². The fraction of sp³-hybridized carbons (Fsp3) is 0.500. The largest absolute Gasteiger partial charge is 0.393 e. The molecule has 0 aromatic heterocycles. The van der Waals surface area contributed by atoms with E-state index in [1.54, 1.807) is 7.11 Å². The van der Waals surface area contributed by atoms with E-state index in [0.29, 0.717) is 0 Å². The Bertz CT molecular complexity index is 586. The van der Waals surface area contributed by atoms with Crippen LogP contribution in [-0.4, -0.2) is 30.1 Å². The zero-order valence-electron chi connectivity index (χ0n) is 12.3. The Balaban J connectivity index is 2.12. The first-order valence-corrected chi connectivity index (χ1v) is 6.65. The smallest absolute Gasteiger partial charge is 0.292 e. The van der Waals surface area contributed by atoms with Crippen LogP contribution in [0.1, 0.15) is 30.6 Å². The highest BCUT2D eigenvalue weighted by atomic mass is 16.6. The van der Waals surface area contributed by atoms with Crippen molar-refractivity contribution in [1.82, 2.24) is 5.32 Å². The maximum Gasteiger partial charge on any atom is 0.292 e. The highest BCUT2D eigenvalue weighted by molar-refractivity contribution is 5.96. The van der Waals surface area contributed by atoms with Gasteiger partial charge in [0.25, 0.3) is 11.6 Å². The molecule has 1 saturated carbocycles. The van der Waals surface area contributed by atoms with E-state index in [9.17, 15) is 14.9 Å². The van der Waals surface area contributed by atoms with E-state index in [0.717, 1.165) is 6.42 Å². The molecule has 1 fully saturated rings. The number of nitro benzene ring substituents is 1. The Morgan fingerprint density at radius 3 is 2.71 bits per heavy atom. The van der Waals surface area contributed by atoms with Gasteiger partial charge in [-0.25, -0.2) is 0 Å². The fourth-order valence-corrected chi connectivity index (χ4v) is 2.61. The Labute approximate surface area is 122 Å². The van der Waals surface area contributed by atoms with Crippen LogP contribution < -0.4 is 11.1 Å². The number of hydrogen-bond acceptors (Lipinski definition) is 5. The molecule has 1 amide bonds. The normalized spacial score (nSPS) is 23.2. The average molecular weight is 293 g/mol. The molecule has 2 unspecified atom stereocenters. The minimum absolute atomic E-state index is 0.0217. The third-order valence-electron chi connectivity index (χ3n) is 4.26. The number of carbonyl (C=O) groups excluding carboxylic acids is 1. The summed E-state index contributed by atoms with van der Waals surface area (Å²) >= 11 is 0. The second-order valence-corrected chi connectivity index (χ2v) is 5.84. The first kappa shape index (κ1) is 15.2.